The highest BCUT2D eigenvalue weighted by atomic mass is 16.5. The fraction of sp³-hybridized carbons (Fsp3) is 0.929. The maximum absolute atomic E-state index is 11.8. The number of hydrogen-bond donors (Lipinski definition) is 3. The number of nitrogens with one attached hydrogen (secondary N) is 2. The molecule has 0 spiro atoms. The van der Waals surface area contributed by atoms with Crippen LogP contribution in [0.25, 0.3) is 0 Å². The van der Waals surface area contributed by atoms with Crippen LogP contribution in [0.1, 0.15) is 39.0 Å². The van der Waals surface area contributed by atoms with Crippen LogP contribution in [0.5, 0.6) is 0 Å². The van der Waals surface area contributed by atoms with Gasteiger partial charge in [-0.15, -0.1) is 0 Å². The van der Waals surface area contributed by atoms with Gasteiger partial charge in [0.15, 0.2) is 0 Å². The second-order valence-corrected chi connectivity index (χ2v) is 5.81. The minimum Gasteiger partial charge on any atom is -0.392 e. The van der Waals surface area contributed by atoms with Gasteiger partial charge in [-0.25, -0.2) is 0 Å². The highest BCUT2D eigenvalue weighted by Gasteiger charge is 2.27. The summed E-state index contributed by atoms with van der Waals surface area (Å²) < 4.78 is 5.84. The zero-order valence-corrected chi connectivity index (χ0v) is 11.7. The van der Waals surface area contributed by atoms with Crippen molar-refractivity contribution in [2.24, 2.45) is 5.92 Å². The standard InChI is InChI=1S/C14H26N2O3/c1-10-4-2-3-5-13(10)19-7-6-15-14(18)12-8-11(17)9-16-12/h10-13,16-17H,2-9H2,1H3,(H,15,18)/t10-,11-,12+,13+/m1/s1. The van der Waals surface area contributed by atoms with Crippen LogP contribution in [0.3, 0.4) is 0 Å². The Morgan fingerprint density at radius 2 is 2.21 bits per heavy atom. The monoisotopic (exact) mass is 270 g/mol. The van der Waals surface area contributed by atoms with E-state index in [0.29, 0.717) is 38.1 Å². The normalized spacial score (nSPS) is 35.3. The molecule has 1 aliphatic heterocycles. The molecule has 2 fully saturated rings. The Bertz CT molecular complexity index is 298. The predicted molar refractivity (Wildman–Crippen MR) is 72.8 cm³/mol. The Balaban J connectivity index is 1.57. The molecule has 3 N–H and O–H groups in total. The summed E-state index contributed by atoms with van der Waals surface area (Å²) >= 11 is 0. The summed E-state index contributed by atoms with van der Waals surface area (Å²) in [6, 6.07) is -0.247. The van der Waals surface area contributed by atoms with Crippen molar-refractivity contribution in [2.75, 3.05) is 19.7 Å². The summed E-state index contributed by atoms with van der Waals surface area (Å²) in [5.74, 6) is 0.605. The molecule has 19 heavy (non-hydrogen) atoms. The summed E-state index contributed by atoms with van der Waals surface area (Å²) in [6.45, 7) is 3.88. The number of amides is 1. The fourth-order valence-corrected chi connectivity index (χ4v) is 2.95. The quantitative estimate of drug-likeness (QED) is 0.633. The lowest BCUT2D eigenvalue weighted by molar-refractivity contribution is -0.123. The van der Waals surface area contributed by atoms with Crippen molar-refractivity contribution in [3.8, 4) is 0 Å². The number of ether oxygens (including phenoxy) is 1. The third-order valence-corrected chi connectivity index (χ3v) is 4.19. The number of carbonyl (C=O) groups excluding carboxylic acids is 1. The maximum atomic E-state index is 11.8. The van der Waals surface area contributed by atoms with Crippen LogP contribution < -0.4 is 10.6 Å². The lowest BCUT2D eigenvalue weighted by Crippen LogP contribution is -2.42. The van der Waals surface area contributed by atoms with Crippen LogP contribution in [0.4, 0.5) is 0 Å². The molecule has 1 heterocycles. The van der Waals surface area contributed by atoms with E-state index >= 15 is 0 Å². The lowest BCUT2D eigenvalue weighted by Gasteiger charge is -2.28. The first-order chi connectivity index (χ1) is 9.16. The zero-order valence-electron chi connectivity index (χ0n) is 11.7. The van der Waals surface area contributed by atoms with Crippen molar-refractivity contribution in [1.29, 1.82) is 0 Å². The molecule has 5 nitrogen and oxygen atoms in total. The molecule has 4 atom stereocenters. The van der Waals surface area contributed by atoms with Gasteiger partial charge in [-0.05, 0) is 25.2 Å². The van der Waals surface area contributed by atoms with E-state index in [1.165, 1.54) is 19.3 Å². The van der Waals surface area contributed by atoms with Gasteiger partial charge >= 0.3 is 0 Å². The SMILES string of the molecule is C[C@@H]1CCCC[C@@H]1OCCNC(=O)[C@@H]1C[C@@H](O)CN1. The van der Waals surface area contributed by atoms with Gasteiger partial charge in [-0.2, -0.15) is 0 Å². The topological polar surface area (TPSA) is 70.6 Å². The molecule has 110 valence electrons. The van der Waals surface area contributed by atoms with E-state index < -0.39 is 6.10 Å². The van der Waals surface area contributed by atoms with Gasteiger partial charge in [0, 0.05) is 13.1 Å². The second kappa shape index (κ2) is 7.22. The Hall–Kier alpha value is -0.650. The van der Waals surface area contributed by atoms with E-state index in [4.69, 9.17) is 4.74 Å². The molecule has 5 heteroatoms. The molecule has 0 aromatic heterocycles. The summed E-state index contributed by atoms with van der Waals surface area (Å²) in [5.41, 5.74) is 0. The predicted octanol–water partition coefficient (Wildman–Crippen LogP) is 0.421. The van der Waals surface area contributed by atoms with Crippen LogP contribution in [-0.2, 0) is 9.53 Å². The van der Waals surface area contributed by atoms with Crippen LogP contribution in [0.15, 0.2) is 0 Å². The number of aliphatic hydroxyl groups is 1. The van der Waals surface area contributed by atoms with E-state index in [1.54, 1.807) is 0 Å². The first-order valence-corrected chi connectivity index (χ1v) is 7.47. The van der Waals surface area contributed by atoms with E-state index in [9.17, 15) is 9.90 Å². The second-order valence-electron chi connectivity index (χ2n) is 5.81. The van der Waals surface area contributed by atoms with Gasteiger partial charge in [-0.3, -0.25) is 4.79 Å². The number of aliphatic hydroxyl groups excluding tert-OH is 1. The number of β-amino-alcohol motifs (C(OH)–C–C–N with tert-alkyl or cyclic N) is 1. The Morgan fingerprint density at radius 3 is 2.89 bits per heavy atom. The molecule has 1 amide bonds. The van der Waals surface area contributed by atoms with Gasteiger partial charge in [-0.1, -0.05) is 19.8 Å². The summed E-state index contributed by atoms with van der Waals surface area (Å²) in [5, 5.41) is 15.2. The molecule has 0 aromatic rings. The van der Waals surface area contributed by atoms with Crippen molar-refractivity contribution < 1.29 is 14.6 Å². The average molecular weight is 270 g/mol. The van der Waals surface area contributed by atoms with Crippen molar-refractivity contribution >= 4 is 5.91 Å². The van der Waals surface area contributed by atoms with E-state index in [1.807, 2.05) is 0 Å². The molecule has 2 rings (SSSR count). The lowest BCUT2D eigenvalue weighted by atomic mass is 9.88. The molecule has 1 saturated heterocycles. The highest BCUT2D eigenvalue weighted by Crippen LogP contribution is 2.25. The van der Waals surface area contributed by atoms with Crippen molar-refractivity contribution in [3.63, 3.8) is 0 Å². The van der Waals surface area contributed by atoms with Crippen molar-refractivity contribution in [2.45, 2.75) is 57.3 Å². The number of rotatable bonds is 5. The summed E-state index contributed by atoms with van der Waals surface area (Å²) in [7, 11) is 0. The van der Waals surface area contributed by atoms with Crippen molar-refractivity contribution in [1.82, 2.24) is 10.6 Å². The largest absolute Gasteiger partial charge is 0.392 e. The molecule has 0 unspecified atom stereocenters. The number of carbonyl (C=O) groups is 1. The van der Waals surface area contributed by atoms with Gasteiger partial charge in [0.25, 0.3) is 0 Å². The van der Waals surface area contributed by atoms with Gasteiger partial charge in [0.05, 0.1) is 24.9 Å². The van der Waals surface area contributed by atoms with E-state index in [0.717, 1.165) is 6.42 Å². The molecule has 1 aliphatic carbocycles. The minimum absolute atomic E-state index is 0.0307. The molecule has 2 aliphatic rings. The zero-order chi connectivity index (χ0) is 13.7. The van der Waals surface area contributed by atoms with Crippen LogP contribution in [0.2, 0.25) is 0 Å². The highest BCUT2D eigenvalue weighted by molar-refractivity contribution is 5.82. The van der Waals surface area contributed by atoms with Crippen LogP contribution >= 0.6 is 0 Å². The molecule has 0 aromatic carbocycles. The van der Waals surface area contributed by atoms with Gasteiger partial charge < -0.3 is 20.5 Å². The molecular formula is C14H26N2O3. The molecule has 0 bridgehead atoms. The minimum atomic E-state index is -0.393. The average Bonchev–Trinajstić information content (AvgIpc) is 2.83. The maximum Gasteiger partial charge on any atom is 0.237 e. The Morgan fingerprint density at radius 1 is 1.42 bits per heavy atom. The smallest absolute Gasteiger partial charge is 0.237 e. The molecule has 1 saturated carbocycles. The first-order valence-electron chi connectivity index (χ1n) is 7.47. The van der Waals surface area contributed by atoms with E-state index in [2.05, 4.69) is 17.6 Å². The van der Waals surface area contributed by atoms with Gasteiger partial charge in [0.2, 0.25) is 5.91 Å². The number of hydrogen-bond acceptors (Lipinski definition) is 4. The van der Waals surface area contributed by atoms with E-state index in [-0.39, 0.29) is 11.9 Å². The van der Waals surface area contributed by atoms with Crippen LogP contribution in [-0.4, -0.2) is 49.0 Å². The summed E-state index contributed by atoms with van der Waals surface area (Å²) in [6.07, 6.45) is 5.43. The summed E-state index contributed by atoms with van der Waals surface area (Å²) in [4.78, 5) is 11.8. The molecule has 0 radical (unpaired) electrons. The third-order valence-electron chi connectivity index (χ3n) is 4.19. The molecular weight excluding hydrogens is 244 g/mol. The Labute approximate surface area is 115 Å². The fourth-order valence-electron chi connectivity index (χ4n) is 2.95. The van der Waals surface area contributed by atoms with Crippen molar-refractivity contribution in [3.05, 3.63) is 0 Å². The first kappa shape index (κ1) is 14.8. The van der Waals surface area contributed by atoms with Crippen LogP contribution in [0, 0.1) is 5.92 Å². The third kappa shape index (κ3) is 4.44. The van der Waals surface area contributed by atoms with Gasteiger partial charge in [0.1, 0.15) is 0 Å². The Kier molecular flexibility index (Phi) is 5.60.